The van der Waals surface area contributed by atoms with Gasteiger partial charge in [0.05, 0.1) is 12.6 Å². The third kappa shape index (κ3) is 2.93. The van der Waals surface area contributed by atoms with Crippen LogP contribution in [0.4, 0.5) is 4.39 Å². The van der Waals surface area contributed by atoms with E-state index in [2.05, 4.69) is 5.32 Å². The summed E-state index contributed by atoms with van der Waals surface area (Å²) in [6, 6.07) is 6.06. The largest absolute Gasteiger partial charge is 0.383 e. The molecule has 0 aromatic heterocycles. The Morgan fingerprint density at radius 1 is 1.37 bits per heavy atom. The summed E-state index contributed by atoms with van der Waals surface area (Å²) in [5.41, 5.74) is 0.891. The summed E-state index contributed by atoms with van der Waals surface area (Å²) in [5.74, 6) is -0.197. The molecule has 2 unspecified atom stereocenters. The Kier molecular flexibility index (Phi) is 4.50. The average Bonchev–Trinajstić information content (AvgIpc) is 2.74. The number of benzene rings is 1. The van der Waals surface area contributed by atoms with Gasteiger partial charge in [-0.15, -0.1) is 0 Å². The van der Waals surface area contributed by atoms with Crippen LogP contribution in [0, 0.1) is 5.82 Å². The molecule has 0 saturated carbocycles. The van der Waals surface area contributed by atoms with Crippen molar-refractivity contribution in [1.82, 2.24) is 10.2 Å². The Labute approximate surface area is 112 Å². The number of hydrogen-bond donors (Lipinski definition) is 1. The first-order chi connectivity index (χ1) is 9.17. The van der Waals surface area contributed by atoms with Crippen molar-refractivity contribution in [3.8, 4) is 0 Å². The molecule has 1 heterocycles. The van der Waals surface area contributed by atoms with E-state index in [4.69, 9.17) is 4.74 Å². The number of nitrogens with one attached hydrogen (secondary N) is 1. The standard InChI is InChI=1S/C14H19FN2O2/c1-3-12-14(18)17(8-9-19-2)13(16-12)10-4-6-11(15)7-5-10/h4-7,12-13,16H,3,8-9H2,1-2H3. The summed E-state index contributed by atoms with van der Waals surface area (Å²) in [5, 5.41) is 3.28. The predicted octanol–water partition coefficient (Wildman–Crippen LogP) is 1.68. The molecule has 1 aliphatic heterocycles. The lowest BCUT2D eigenvalue weighted by Crippen LogP contribution is -2.33. The first-order valence-corrected chi connectivity index (χ1v) is 6.48. The summed E-state index contributed by atoms with van der Waals surface area (Å²) < 4.78 is 18.0. The van der Waals surface area contributed by atoms with Gasteiger partial charge in [-0.2, -0.15) is 0 Å². The topological polar surface area (TPSA) is 41.6 Å². The van der Waals surface area contributed by atoms with Crippen LogP contribution in [0.1, 0.15) is 25.1 Å². The molecular weight excluding hydrogens is 247 g/mol. The van der Waals surface area contributed by atoms with Crippen molar-refractivity contribution in [2.45, 2.75) is 25.6 Å². The van der Waals surface area contributed by atoms with Gasteiger partial charge in [-0.05, 0) is 24.1 Å². The molecule has 0 aliphatic carbocycles. The minimum Gasteiger partial charge on any atom is -0.383 e. The Bertz CT molecular complexity index is 436. The van der Waals surface area contributed by atoms with Crippen LogP contribution in [-0.2, 0) is 9.53 Å². The Balaban J connectivity index is 2.20. The van der Waals surface area contributed by atoms with Crippen LogP contribution in [0.3, 0.4) is 0 Å². The Morgan fingerprint density at radius 3 is 2.63 bits per heavy atom. The van der Waals surface area contributed by atoms with Crippen molar-refractivity contribution in [2.24, 2.45) is 0 Å². The third-order valence-corrected chi connectivity index (χ3v) is 3.38. The van der Waals surface area contributed by atoms with Gasteiger partial charge in [-0.25, -0.2) is 4.39 Å². The van der Waals surface area contributed by atoms with Gasteiger partial charge in [-0.3, -0.25) is 10.1 Å². The molecule has 5 heteroatoms. The minimum atomic E-state index is -0.274. The van der Waals surface area contributed by atoms with Crippen molar-refractivity contribution in [1.29, 1.82) is 0 Å². The number of halogens is 1. The van der Waals surface area contributed by atoms with E-state index in [9.17, 15) is 9.18 Å². The zero-order valence-electron chi connectivity index (χ0n) is 11.2. The third-order valence-electron chi connectivity index (χ3n) is 3.38. The van der Waals surface area contributed by atoms with Crippen molar-refractivity contribution in [2.75, 3.05) is 20.3 Å². The molecule has 2 rings (SSSR count). The fraction of sp³-hybridized carbons (Fsp3) is 0.500. The molecule has 1 aliphatic rings. The van der Waals surface area contributed by atoms with Crippen LogP contribution < -0.4 is 5.32 Å². The van der Waals surface area contributed by atoms with Gasteiger partial charge in [0.2, 0.25) is 5.91 Å². The van der Waals surface area contributed by atoms with Crippen LogP contribution in [-0.4, -0.2) is 37.1 Å². The van der Waals surface area contributed by atoms with Crippen molar-refractivity contribution >= 4 is 5.91 Å². The van der Waals surface area contributed by atoms with E-state index in [-0.39, 0.29) is 23.9 Å². The normalized spacial score (nSPS) is 23.1. The highest BCUT2D eigenvalue weighted by atomic mass is 19.1. The summed E-state index contributed by atoms with van der Waals surface area (Å²) in [4.78, 5) is 14.0. The summed E-state index contributed by atoms with van der Waals surface area (Å²) >= 11 is 0. The molecule has 1 aromatic carbocycles. The number of nitrogens with zero attached hydrogens (tertiary/aromatic N) is 1. The first-order valence-electron chi connectivity index (χ1n) is 6.48. The molecule has 1 aromatic rings. The minimum absolute atomic E-state index is 0.0777. The molecular formula is C14H19FN2O2. The molecule has 4 nitrogen and oxygen atoms in total. The Hall–Kier alpha value is -1.46. The van der Waals surface area contributed by atoms with Gasteiger partial charge in [0, 0.05) is 13.7 Å². The second-order valence-corrected chi connectivity index (χ2v) is 4.61. The quantitative estimate of drug-likeness (QED) is 0.881. The smallest absolute Gasteiger partial charge is 0.241 e. The number of methoxy groups -OCH3 is 1. The molecule has 1 amide bonds. The first kappa shape index (κ1) is 14.0. The number of rotatable bonds is 5. The molecule has 19 heavy (non-hydrogen) atoms. The summed E-state index contributed by atoms with van der Waals surface area (Å²) in [6.45, 7) is 2.99. The van der Waals surface area contributed by atoms with Crippen LogP contribution in [0.5, 0.6) is 0 Å². The lowest BCUT2D eigenvalue weighted by atomic mass is 10.1. The van der Waals surface area contributed by atoms with E-state index in [1.807, 2.05) is 6.92 Å². The van der Waals surface area contributed by atoms with Crippen LogP contribution in [0.25, 0.3) is 0 Å². The van der Waals surface area contributed by atoms with Gasteiger partial charge >= 0.3 is 0 Å². The van der Waals surface area contributed by atoms with E-state index >= 15 is 0 Å². The number of carbonyl (C=O) groups excluding carboxylic acids is 1. The van der Waals surface area contributed by atoms with Crippen molar-refractivity contribution in [3.05, 3.63) is 35.6 Å². The number of ether oxygens (including phenoxy) is 1. The molecule has 0 spiro atoms. The van der Waals surface area contributed by atoms with Crippen LogP contribution in [0.2, 0.25) is 0 Å². The molecule has 2 atom stereocenters. The summed E-state index contributed by atoms with van der Waals surface area (Å²) in [6.07, 6.45) is 0.535. The van der Waals surface area contributed by atoms with E-state index in [0.717, 1.165) is 12.0 Å². The van der Waals surface area contributed by atoms with E-state index < -0.39 is 0 Å². The predicted molar refractivity (Wildman–Crippen MR) is 69.9 cm³/mol. The highest BCUT2D eigenvalue weighted by Crippen LogP contribution is 2.26. The molecule has 0 radical (unpaired) electrons. The molecule has 104 valence electrons. The maximum atomic E-state index is 13.0. The van der Waals surface area contributed by atoms with E-state index in [0.29, 0.717) is 13.2 Å². The number of carbonyl (C=O) groups is 1. The lowest BCUT2D eigenvalue weighted by molar-refractivity contribution is -0.130. The molecule has 1 saturated heterocycles. The lowest BCUT2D eigenvalue weighted by Gasteiger charge is -2.24. The molecule has 1 fully saturated rings. The van der Waals surface area contributed by atoms with Gasteiger partial charge in [-0.1, -0.05) is 19.1 Å². The van der Waals surface area contributed by atoms with Gasteiger partial charge < -0.3 is 9.64 Å². The summed E-state index contributed by atoms with van der Waals surface area (Å²) in [7, 11) is 1.61. The Morgan fingerprint density at radius 2 is 2.05 bits per heavy atom. The second kappa shape index (κ2) is 6.12. The van der Waals surface area contributed by atoms with Gasteiger partial charge in [0.15, 0.2) is 0 Å². The number of hydrogen-bond acceptors (Lipinski definition) is 3. The average molecular weight is 266 g/mol. The van der Waals surface area contributed by atoms with E-state index in [1.54, 1.807) is 24.1 Å². The highest BCUT2D eigenvalue weighted by molar-refractivity contribution is 5.84. The zero-order valence-corrected chi connectivity index (χ0v) is 11.2. The molecule has 0 bridgehead atoms. The van der Waals surface area contributed by atoms with E-state index in [1.165, 1.54) is 12.1 Å². The van der Waals surface area contributed by atoms with Crippen molar-refractivity contribution in [3.63, 3.8) is 0 Å². The maximum Gasteiger partial charge on any atom is 0.241 e. The maximum absolute atomic E-state index is 13.0. The second-order valence-electron chi connectivity index (χ2n) is 4.61. The SMILES string of the molecule is CCC1NC(c2ccc(F)cc2)N(CCOC)C1=O. The van der Waals surface area contributed by atoms with Crippen LogP contribution >= 0.6 is 0 Å². The monoisotopic (exact) mass is 266 g/mol. The van der Waals surface area contributed by atoms with Gasteiger partial charge in [0.25, 0.3) is 0 Å². The van der Waals surface area contributed by atoms with Crippen molar-refractivity contribution < 1.29 is 13.9 Å². The fourth-order valence-corrected chi connectivity index (χ4v) is 2.32. The molecule has 1 N–H and O–H groups in total. The van der Waals surface area contributed by atoms with Crippen LogP contribution in [0.15, 0.2) is 24.3 Å². The fourth-order valence-electron chi connectivity index (χ4n) is 2.32. The zero-order chi connectivity index (χ0) is 13.8. The van der Waals surface area contributed by atoms with Gasteiger partial charge in [0.1, 0.15) is 12.0 Å². The highest BCUT2D eigenvalue weighted by Gasteiger charge is 2.38. The number of amides is 1.